The number of benzene rings is 2. The highest BCUT2D eigenvalue weighted by molar-refractivity contribution is 7.56. The van der Waals surface area contributed by atoms with Crippen LogP contribution in [0.25, 0.3) is 0 Å². The summed E-state index contributed by atoms with van der Waals surface area (Å²) in [5.41, 5.74) is 0. The van der Waals surface area contributed by atoms with E-state index in [4.69, 9.17) is 22.4 Å². The van der Waals surface area contributed by atoms with Crippen LogP contribution < -0.4 is 9.05 Å². The first-order chi connectivity index (χ1) is 10.8. The van der Waals surface area contributed by atoms with Crippen molar-refractivity contribution in [1.29, 1.82) is 0 Å². The molecule has 1 aliphatic rings. The lowest BCUT2D eigenvalue weighted by molar-refractivity contribution is -0.0909. The summed E-state index contributed by atoms with van der Waals surface area (Å²) in [5.74, 6) is 1.35. The normalized spacial score (nSPS) is 20.5. The Morgan fingerprint density at radius 3 is 1.86 bits per heavy atom. The van der Waals surface area contributed by atoms with E-state index in [1.54, 1.807) is 0 Å². The minimum atomic E-state index is -1.65. The summed E-state index contributed by atoms with van der Waals surface area (Å²) in [6, 6.07) is 18.8. The zero-order valence-electron chi connectivity index (χ0n) is 12.0. The summed E-state index contributed by atoms with van der Waals surface area (Å²) in [5, 5.41) is 0. The van der Waals surface area contributed by atoms with E-state index in [1.165, 1.54) is 0 Å². The molecule has 0 amide bonds. The lowest BCUT2D eigenvalue weighted by Gasteiger charge is -2.33. The summed E-state index contributed by atoms with van der Waals surface area (Å²) in [6.45, 7) is 1.99. The fourth-order valence-corrected chi connectivity index (χ4v) is 3.96. The number of hydrogen-bond acceptors (Lipinski definition) is 5. The summed E-state index contributed by atoms with van der Waals surface area (Å²) >= 11 is 0. The average Bonchev–Trinajstić information content (AvgIpc) is 2.52. The molecular formula is C15H16O5P2. The van der Waals surface area contributed by atoms with Gasteiger partial charge in [-0.15, -0.1) is 0 Å². The smallest absolute Gasteiger partial charge is 0.418 e. The van der Waals surface area contributed by atoms with E-state index < -0.39 is 17.2 Å². The monoisotopic (exact) mass is 338 g/mol. The predicted octanol–water partition coefficient (Wildman–Crippen LogP) is 5.40. The van der Waals surface area contributed by atoms with Crippen LogP contribution in [0.2, 0.25) is 0 Å². The second-order valence-electron chi connectivity index (χ2n) is 4.39. The SMILES string of the molecule is CCC1OP(OP(Oc2ccccc2)Oc2ccccc2)O1. The highest BCUT2D eigenvalue weighted by atomic mass is 31.2. The fourth-order valence-electron chi connectivity index (χ4n) is 1.63. The van der Waals surface area contributed by atoms with Crippen LogP contribution in [-0.4, -0.2) is 6.29 Å². The molecular weight excluding hydrogens is 322 g/mol. The van der Waals surface area contributed by atoms with Gasteiger partial charge >= 0.3 is 17.2 Å². The Hall–Kier alpha value is -1.22. The van der Waals surface area contributed by atoms with Gasteiger partial charge in [0.25, 0.3) is 0 Å². The first-order valence-corrected chi connectivity index (χ1v) is 9.10. The van der Waals surface area contributed by atoms with Crippen molar-refractivity contribution in [3.8, 4) is 11.5 Å². The van der Waals surface area contributed by atoms with Crippen LogP contribution in [0.3, 0.4) is 0 Å². The molecule has 1 aliphatic heterocycles. The quantitative estimate of drug-likeness (QED) is 0.633. The van der Waals surface area contributed by atoms with Crippen molar-refractivity contribution in [2.75, 3.05) is 0 Å². The van der Waals surface area contributed by atoms with Gasteiger partial charge in [-0.05, 0) is 30.7 Å². The van der Waals surface area contributed by atoms with Gasteiger partial charge in [-0.2, -0.15) is 0 Å². The highest BCUT2D eigenvalue weighted by Gasteiger charge is 2.37. The summed E-state index contributed by atoms with van der Waals surface area (Å²) < 4.78 is 28.1. The van der Waals surface area contributed by atoms with Gasteiger partial charge in [0.15, 0.2) is 6.29 Å². The third-order valence-electron chi connectivity index (χ3n) is 2.72. The number of hydrogen-bond donors (Lipinski definition) is 0. The average molecular weight is 338 g/mol. The van der Waals surface area contributed by atoms with Gasteiger partial charge in [0.2, 0.25) is 0 Å². The minimum absolute atomic E-state index is 0.184. The van der Waals surface area contributed by atoms with Crippen molar-refractivity contribution >= 4 is 17.2 Å². The van der Waals surface area contributed by atoms with Gasteiger partial charge in [0, 0.05) is 0 Å². The maximum Gasteiger partial charge on any atom is 0.470 e. The minimum Gasteiger partial charge on any atom is -0.418 e. The van der Waals surface area contributed by atoms with Crippen LogP contribution in [-0.2, 0) is 13.4 Å². The Balaban J connectivity index is 1.62. The standard InChI is InChI=1S/C15H16O5P2/c1-2-15-18-22(19-15)20-21(16-13-9-5-3-6-10-13)17-14-11-7-4-8-12-14/h3-12,15H,2H2,1H3. The van der Waals surface area contributed by atoms with E-state index in [2.05, 4.69) is 0 Å². The lowest BCUT2D eigenvalue weighted by Crippen LogP contribution is -2.22. The second-order valence-corrected chi connectivity index (χ2v) is 6.72. The van der Waals surface area contributed by atoms with E-state index >= 15 is 0 Å². The zero-order chi connectivity index (χ0) is 15.2. The van der Waals surface area contributed by atoms with E-state index in [9.17, 15) is 0 Å². The van der Waals surface area contributed by atoms with E-state index in [-0.39, 0.29) is 6.29 Å². The van der Waals surface area contributed by atoms with E-state index in [1.807, 2.05) is 67.6 Å². The van der Waals surface area contributed by atoms with Gasteiger partial charge in [0.05, 0.1) is 0 Å². The van der Waals surface area contributed by atoms with Crippen LogP contribution in [0.4, 0.5) is 0 Å². The van der Waals surface area contributed by atoms with Crippen molar-refractivity contribution in [3.63, 3.8) is 0 Å². The van der Waals surface area contributed by atoms with Crippen molar-refractivity contribution < 1.29 is 22.4 Å². The molecule has 0 aromatic heterocycles. The van der Waals surface area contributed by atoms with Crippen LogP contribution >= 0.6 is 17.2 Å². The van der Waals surface area contributed by atoms with E-state index in [0.29, 0.717) is 11.5 Å². The van der Waals surface area contributed by atoms with Gasteiger partial charge in [-0.1, -0.05) is 43.3 Å². The highest BCUT2D eigenvalue weighted by Crippen LogP contribution is 2.62. The molecule has 0 N–H and O–H groups in total. The number of rotatable bonds is 7. The maximum absolute atomic E-state index is 5.77. The molecule has 5 nitrogen and oxygen atoms in total. The Labute approximate surface area is 132 Å². The van der Waals surface area contributed by atoms with Crippen LogP contribution in [0, 0.1) is 0 Å². The van der Waals surface area contributed by atoms with E-state index in [0.717, 1.165) is 6.42 Å². The van der Waals surface area contributed by atoms with Gasteiger partial charge in [-0.3, -0.25) is 9.05 Å². The zero-order valence-corrected chi connectivity index (χ0v) is 13.8. The molecule has 0 unspecified atom stereocenters. The molecule has 22 heavy (non-hydrogen) atoms. The molecule has 0 atom stereocenters. The van der Waals surface area contributed by atoms with Gasteiger partial charge in [-0.25, -0.2) is 4.31 Å². The fraction of sp³-hybridized carbons (Fsp3) is 0.200. The first kappa shape index (κ1) is 15.7. The molecule has 2 aromatic carbocycles. The number of para-hydroxylation sites is 2. The summed E-state index contributed by atoms with van der Waals surface area (Å²) in [7, 11) is -3.05. The predicted molar refractivity (Wildman–Crippen MR) is 85.3 cm³/mol. The molecule has 7 heteroatoms. The molecule has 1 heterocycles. The van der Waals surface area contributed by atoms with Crippen molar-refractivity contribution in [2.45, 2.75) is 19.6 Å². The summed E-state index contributed by atoms with van der Waals surface area (Å²) in [4.78, 5) is 0. The Kier molecular flexibility index (Phi) is 5.60. The van der Waals surface area contributed by atoms with Crippen molar-refractivity contribution in [1.82, 2.24) is 0 Å². The Bertz CT molecular complexity index is 521. The van der Waals surface area contributed by atoms with Crippen molar-refractivity contribution in [2.24, 2.45) is 0 Å². The molecule has 1 fully saturated rings. The van der Waals surface area contributed by atoms with Crippen LogP contribution in [0.15, 0.2) is 60.7 Å². The molecule has 2 aromatic rings. The third-order valence-corrected chi connectivity index (χ3v) is 5.32. The van der Waals surface area contributed by atoms with Crippen LogP contribution in [0.5, 0.6) is 11.5 Å². The van der Waals surface area contributed by atoms with Gasteiger partial charge < -0.3 is 9.05 Å². The molecule has 0 saturated carbocycles. The van der Waals surface area contributed by atoms with Crippen molar-refractivity contribution in [3.05, 3.63) is 60.7 Å². The molecule has 1 saturated heterocycles. The second kappa shape index (κ2) is 7.87. The first-order valence-electron chi connectivity index (χ1n) is 6.91. The summed E-state index contributed by atoms with van der Waals surface area (Å²) in [6.07, 6.45) is 0.607. The Morgan fingerprint density at radius 2 is 1.41 bits per heavy atom. The Morgan fingerprint density at radius 1 is 0.909 bits per heavy atom. The topological polar surface area (TPSA) is 46.2 Å². The molecule has 0 bridgehead atoms. The van der Waals surface area contributed by atoms with Crippen LogP contribution in [0.1, 0.15) is 13.3 Å². The molecule has 116 valence electrons. The molecule has 0 spiro atoms. The largest absolute Gasteiger partial charge is 0.470 e. The lowest BCUT2D eigenvalue weighted by atomic mass is 10.3. The van der Waals surface area contributed by atoms with Gasteiger partial charge in [0.1, 0.15) is 11.5 Å². The third kappa shape index (κ3) is 4.39. The maximum atomic E-state index is 5.77. The molecule has 3 rings (SSSR count). The molecule has 0 radical (unpaired) electrons. The molecule has 0 aliphatic carbocycles.